The van der Waals surface area contributed by atoms with Gasteiger partial charge in [0.1, 0.15) is 0 Å². The fraction of sp³-hybridized carbons (Fsp3) is 0. The standard InChI is InChI=1S/Ca.4H2O.Pb/h;4*1H2;/q+2;;;;;+2/p-4. The van der Waals surface area contributed by atoms with Crippen LogP contribution in [0, 0.1) is 0 Å². The maximum atomic E-state index is 0. The fourth-order valence-corrected chi connectivity index (χ4v) is 0. The van der Waals surface area contributed by atoms with Crippen LogP contribution in [0.1, 0.15) is 0 Å². The van der Waals surface area contributed by atoms with Crippen molar-refractivity contribution in [3.8, 4) is 0 Å². The first-order valence-electron chi connectivity index (χ1n) is 0. The van der Waals surface area contributed by atoms with Gasteiger partial charge >= 0.3 is 65.0 Å². The normalized spacial score (nSPS) is 0. The van der Waals surface area contributed by atoms with Crippen LogP contribution < -0.4 is 0 Å². The van der Waals surface area contributed by atoms with Crippen molar-refractivity contribution in [3.05, 3.63) is 0 Å². The van der Waals surface area contributed by atoms with Gasteiger partial charge in [-0.1, -0.05) is 0 Å². The van der Waals surface area contributed by atoms with Crippen molar-refractivity contribution in [1.29, 1.82) is 0 Å². The van der Waals surface area contributed by atoms with E-state index < -0.39 is 0 Å². The van der Waals surface area contributed by atoms with Crippen molar-refractivity contribution in [1.82, 2.24) is 0 Å². The molecule has 4 N–H and O–H groups in total. The summed E-state index contributed by atoms with van der Waals surface area (Å²) in [6.07, 6.45) is 0. The monoisotopic (exact) mass is 316 g/mol. The van der Waals surface area contributed by atoms with E-state index in [1.165, 1.54) is 0 Å². The summed E-state index contributed by atoms with van der Waals surface area (Å²) in [6.45, 7) is 0. The molecule has 0 fully saturated rings. The van der Waals surface area contributed by atoms with Crippen molar-refractivity contribution in [3.63, 3.8) is 0 Å². The maximum absolute atomic E-state index is 0. The smallest absolute Gasteiger partial charge is 0.870 e. The molecule has 0 aliphatic carbocycles. The van der Waals surface area contributed by atoms with Gasteiger partial charge in [0.25, 0.3) is 0 Å². The fourth-order valence-electron chi connectivity index (χ4n) is 0. The molecule has 0 aromatic heterocycles. The van der Waals surface area contributed by atoms with E-state index in [-0.39, 0.29) is 86.9 Å². The molecule has 34 valence electrons. The van der Waals surface area contributed by atoms with Gasteiger partial charge in [-0.3, -0.25) is 0 Å². The Labute approximate surface area is 85.7 Å². The molecule has 6 heavy (non-hydrogen) atoms. The topological polar surface area (TPSA) is 120 Å². The van der Waals surface area contributed by atoms with Gasteiger partial charge in [0.2, 0.25) is 0 Å². The minimum atomic E-state index is 0. The molecular formula is H4CaO4Pb. The zero-order valence-electron chi connectivity index (χ0n) is 3.00. The van der Waals surface area contributed by atoms with Gasteiger partial charge in [0, 0.05) is 0 Å². The molecule has 0 aliphatic rings. The van der Waals surface area contributed by atoms with Crippen LogP contribution in [0.2, 0.25) is 0 Å². The third-order valence-electron chi connectivity index (χ3n) is 0. The Morgan fingerprint density at radius 2 is 0.500 bits per heavy atom. The molecule has 0 rings (SSSR count). The Morgan fingerprint density at radius 1 is 0.500 bits per heavy atom. The van der Waals surface area contributed by atoms with Crippen molar-refractivity contribution in [2.24, 2.45) is 0 Å². The summed E-state index contributed by atoms with van der Waals surface area (Å²) in [6, 6.07) is 0. The molecule has 0 spiro atoms. The molecule has 0 unspecified atom stereocenters. The van der Waals surface area contributed by atoms with Gasteiger partial charge < -0.3 is 21.9 Å². The molecule has 0 aliphatic heterocycles. The summed E-state index contributed by atoms with van der Waals surface area (Å²) < 4.78 is 0. The number of hydrogen-bond acceptors (Lipinski definition) is 4. The predicted molar refractivity (Wildman–Crippen MR) is 19.3 cm³/mol. The molecule has 2 radical (unpaired) electrons. The molecule has 0 amide bonds. The molecule has 0 bridgehead atoms. The van der Waals surface area contributed by atoms with Crippen LogP contribution in [0.4, 0.5) is 0 Å². The Hall–Kier alpha value is 2.02. The van der Waals surface area contributed by atoms with E-state index in [4.69, 9.17) is 0 Å². The van der Waals surface area contributed by atoms with Crippen LogP contribution in [0.3, 0.4) is 0 Å². The van der Waals surface area contributed by atoms with Gasteiger partial charge in [-0.2, -0.15) is 0 Å². The second-order valence-electron chi connectivity index (χ2n) is 0. The van der Waals surface area contributed by atoms with Crippen molar-refractivity contribution in [2.75, 3.05) is 0 Å². The molecule has 0 saturated carbocycles. The summed E-state index contributed by atoms with van der Waals surface area (Å²) in [5.41, 5.74) is 0. The third kappa shape index (κ3) is 37.2. The van der Waals surface area contributed by atoms with Crippen LogP contribution >= 0.6 is 0 Å². The van der Waals surface area contributed by atoms with Crippen LogP contribution in [-0.4, -0.2) is 86.9 Å². The number of rotatable bonds is 0. The van der Waals surface area contributed by atoms with E-state index in [1.54, 1.807) is 0 Å². The van der Waals surface area contributed by atoms with E-state index >= 15 is 0 Å². The molecule has 0 saturated heterocycles. The van der Waals surface area contributed by atoms with Gasteiger partial charge in [0.15, 0.2) is 0 Å². The molecule has 0 aromatic rings. The molecule has 0 aromatic carbocycles. The number of hydrogen-bond donors (Lipinski definition) is 0. The quantitative estimate of drug-likeness (QED) is 0.507. The van der Waals surface area contributed by atoms with Gasteiger partial charge in [-0.25, -0.2) is 0 Å². The van der Waals surface area contributed by atoms with Gasteiger partial charge in [-0.15, -0.1) is 0 Å². The molecule has 6 heteroatoms. The average molecular weight is 315 g/mol. The zero-order chi connectivity index (χ0) is 0. The Balaban J connectivity index is 0. The Bertz CT molecular complexity index is 7.51. The third-order valence-corrected chi connectivity index (χ3v) is 0. The second-order valence-corrected chi connectivity index (χ2v) is 0. The molecule has 4 nitrogen and oxygen atoms in total. The zero-order valence-corrected chi connectivity index (χ0v) is 9.09. The molecule has 0 heterocycles. The average Bonchev–Trinajstić information content (AvgIpc) is 0. The summed E-state index contributed by atoms with van der Waals surface area (Å²) >= 11 is 0. The predicted octanol–water partition coefficient (Wildman–Crippen LogP) is -1.47. The Morgan fingerprint density at radius 3 is 0.500 bits per heavy atom. The van der Waals surface area contributed by atoms with Crippen LogP contribution in [0.25, 0.3) is 0 Å². The summed E-state index contributed by atoms with van der Waals surface area (Å²) in [5, 5.41) is 0. The van der Waals surface area contributed by atoms with Crippen LogP contribution in [-0.2, 0) is 0 Å². The van der Waals surface area contributed by atoms with E-state index in [0.717, 1.165) is 0 Å². The summed E-state index contributed by atoms with van der Waals surface area (Å²) in [4.78, 5) is 0. The van der Waals surface area contributed by atoms with Crippen molar-refractivity contribution >= 4 is 65.0 Å². The largest absolute Gasteiger partial charge is 2.00 e. The first-order valence-corrected chi connectivity index (χ1v) is 0. The van der Waals surface area contributed by atoms with Crippen LogP contribution in [0.5, 0.6) is 0 Å². The van der Waals surface area contributed by atoms with E-state index in [0.29, 0.717) is 0 Å². The van der Waals surface area contributed by atoms with E-state index in [2.05, 4.69) is 0 Å². The minimum Gasteiger partial charge on any atom is -0.870 e. The summed E-state index contributed by atoms with van der Waals surface area (Å²) in [5.74, 6) is 0. The maximum Gasteiger partial charge on any atom is 2.00 e. The van der Waals surface area contributed by atoms with Gasteiger partial charge in [0.05, 0.1) is 0 Å². The summed E-state index contributed by atoms with van der Waals surface area (Å²) in [7, 11) is 0. The molecule has 0 atom stereocenters. The van der Waals surface area contributed by atoms with Gasteiger partial charge in [-0.05, 0) is 0 Å². The van der Waals surface area contributed by atoms with Crippen molar-refractivity contribution < 1.29 is 21.9 Å². The van der Waals surface area contributed by atoms with Crippen molar-refractivity contribution in [2.45, 2.75) is 0 Å². The molecular weight excluding hydrogens is 311 g/mol. The first kappa shape index (κ1) is 96.8. The Kier molecular flexibility index (Phi) is 1000. The first-order chi connectivity index (χ1) is 0. The van der Waals surface area contributed by atoms with E-state index in [9.17, 15) is 0 Å². The SMILES string of the molecule is [Ca+2].[OH-].[OH-].[OH-].[OH-].[Pb+2]. The van der Waals surface area contributed by atoms with Crippen LogP contribution in [0.15, 0.2) is 0 Å². The second kappa shape index (κ2) is 62.3. The minimum absolute atomic E-state index is 0. The van der Waals surface area contributed by atoms with E-state index in [1.807, 2.05) is 0 Å².